The van der Waals surface area contributed by atoms with Crippen molar-refractivity contribution in [3.63, 3.8) is 0 Å². The van der Waals surface area contributed by atoms with Crippen LogP contribution >= 0.6 is 0 Å². The number of nitrogens with zero attached hydrogens (tertiary/aromatic N) is 5. The highest BCUT2D eigenvalue weighted by molar-refractivity contribution is 6.04. The number of amides is 1. The quantitative estimate of drug-likeness (QED) is 0.540. The zero-order valence-electron chi connectivity index (χ0n) is 20.9. The van der Waals surface area contributed by atoms with Crippen LogP contribution < -0.4 is 5.32 Å². The van der Waals surface area contributed by atoms with Crippen LogP contribution in [-0.4, -0.2) is 57.7 Å². The maximum absolute atomic E-state index is 12.9. The number of anilines is 1. The van der Waals surface area contributed by atoms with E-state index in [4.69, 9.17) is 9.72 Å². The Balaban J connectivity index is 1.12. The van der Waals surface area contributed by atoms with Gasteiger partial charge in [0.05, 0.1) is 36.7 Å². The van der Waals surface area contributed by atoms with Crippen LogP contribution in [0.2, 0.25) is 0 Å². The van der Waals surface area contributed by atoms with Gasteiger partial charge >= 0.3 is 0 Å². The fourth-order valence-corrected chi connectivity index (χ4v) is 5.72. The van der Waals surface area contributed by atoms with Crippen molar-refractivity contribution >= 4 is 11.6 Å². The van der Waals surface area contributed by atoms with E-state index in [1.165, 1.54) is 18.4 Å². The van der Waals surface area contributed by atoms with Gasteiger partial charge in [0.15, 0.2) is 0 Å². The summed E-state index contributed by atoms with van der Waals surface area (Å²) in [7, 11) is 0. The van der Waals surface area contributed by atoms with Gasteiger partial charge in [0.25, 0.3) is 5.91 Å². The molecule has 3 aliphatic rings. The Bertz CT molecular complexity index is 1270. The first-order chi connectivity index (χ1) is 18.2. The predicted octanol–water partition coefficient (Wildman–Crippen LogP) is 4.51. The Morgan fingerprint density at radius 2 is 1.89 bits per heavy atom. The molecule has 3 fully saturated rings. The van der Waals surface area contributed by atoms with Crippen molar-refractivity contribution in [2.24, 2.45) is 5.92 Å². The molecule has 8 nitrogen and oxygen atoms in total. The molecule has 2 aliphatic carbocycles. The lowest BCUT2D eigenvalue weighted by Gasteiger charge is -2.42. The van der Waals surface area contributed by atoms with E-state index < -0.39 is 0 Å². The Labute approximate surface area is 217 Å². The smallest absolute Gasteiger partial charge is 0.257 e. The molecule has 0 spiro atoms. The van der Waals surface area contributed by atoms with Gasteiger partial charge in [-0.2, -0.15) is 5.26 Å². The van der Waals surface area contributed by atoms with E-state index in [2.05, 4.69) is 27.3 Å². The van der Waals surface area contributed by atoms with Crippen LogP contribution in [0.25, 0.3) is 5.82 Å². The number of ether oxygens (including phenoxy) is 1. The van der Waals surface area contributed by atoms with Crippen molar-refractivity contribution in [2.75, 3.05) is 31.6 Å². The monoisotopic (exact) mass is 496 g/mol. The first-order valence-corrected chi connectivity index (χ1v) is 13.3. The van der Waals surface area contributed by atoms with E-state index in [0.717, 1.165) is 57.1 Å². The maximum Gasteiger partial charge on any atom is 0.257 e. The lowest BCUT2D eigenvalue weighted by Crippen LogP contribution is -2.48. The highest BCUT2D eigenvalue weighted by atomic mass is 16.5. The van der Waals surface area contributed by atoms with Crippen LogP contribution in [0, 0.1) is 17.2 Å². The Kier molecular flexibility index (Phi) is 6.73. The van der Waals surface area contributed by atoms with Crippen LogP contribution in [-0.2, 0) is 4.74 Å². The number of carbonyl (C=O) groups excluding carboxylic acids is 1. The first kappa shape index (κ1) is 23.8. The van der Waals surface area contributed by atoms with Gasteiger partial charge in [-0.05, 0) is 67.9 Å². The van der Waals surface area contributed by atoms with Gasteiger partial charge in [0.2, 0.25) is 0 Å². The van der Waals surface area contributed by atoms with Crippen molar-refractivity contribution in [1.29, 1.82) is 5.26 Å². The molecule has 1 N–H and O–H groups in total. The molecule has 3 unspecified atom stereocenters. The Hall–Kier alpha value is -3.54. The standard InChI is InChI=1S/C29H32N6O2/c30-16-20-1-7-27(34-11-13-37-14-12-34)25(15-20)26-6-5-24(18-31-26)33-29(36)23-9-10-35(19-23)28-8-4-22(17-32-28)21-2-3-21/h4-6,8-10,17-21,25,27H,1-3,7,11-15H2,(H,33,36). The number of morpholine rings is 1. The molecule has 190 valence electrons. The molecule has 0 radical (unpaired) electrons. The molecule has 1 saturated heterocycles. The van der Waals surface area contributed by atoms with Crippen LogP contribution in [0.5, 0.6) is 0 Å². The fraction of sp³-hybridized carbons (Fsp3) is 0.448. The highest BCUT2D eigenvalue weighted by Crippen LogP contribution is 2.40. The average Bonchev–Trinajstić information content (AvgIpc) is 3.69. The topological polar surface area (TPSA) is 96.1 Å². The molecule has 3 aromatic heterocycles. The summed E-state index contributed by atoms with van der Waals surface area (Å²) in [6.07, 6.45) is 12.6. The first-order valence-electron chi connectivity index (χ1n) is 13.3. The van der Waals surface area contributed by atoms with Crippen molar-refractivity contribution in [3.8, 4) is 11.9 Å². The van der Waals surface area contributed by atoms with Gasteiger partial charge in [-0.3, -0.25) is 14.7 Å². The summed E-state index contributed by atoms with van der Waals surface area (Å²) in [5.41, 5.74) is 3.50. The molecule has 8 heteroatoms. The molecule has 1 aliphatic heterocycles. The molecule has 3 atom stereocenters. The largest absolute Gasteiger partial charge is 0.379 e. The van der Waals surface area contributed by atoms with Crippen molar-refractivity contribution < 1.29 is 9.53 Å². The minimum Gasteiger partial charge on any atom is -0.379 e. The van der Waals surface area contributed by atoms with Crippen molar-refractivity contribution in [2.45, 2.75) is 50.0 Å². The number of nitrogens with one attached hydrogen (secondary N) is 1. The van der Waals surface area contributed by atoms with Crippen LogP contribution in [0.3, 0.4) is 0 Å². The second-order valence-electron chi connectivity index (χ2n) is 10.4. The number of hydrogen-bond donors (Lipinski definition) is 1. The third-order valence-electron chi connectivity index (χ3n) is 7.97. The summed E-state index contributed by atoms with van der Waals surface area (Å²) in [6, 6.07) is 12.7. The number of pyridine rings is 2. The minimum absolute atomic E-state index is 0.0620. The summed E-state index contributed by atoms with van der Waals surface area (Å²) in [5.74, 6) is 1.55. The fourth-order valence-electron chi connectivity index (χ4n) is 5.72. The van der Waals surface area contributed by atoms with Crippen molar-refractivity contribution in [3.05, 3.63) is 71.9 Å². The molecule has 4 heterocycles. The van der Waals surface area contributed by atoms with E-state index in [9.17, 15) is 10.1 Å². The molecule has 6 rings (SSSR count). The number of hydrogen-bond acceptors (Lipinski definition) is 6. The lowest BCUT2D eigenvalue weighted by atomic mass is 9.76. The zero-order chi connectivity index (χ0) is 25.2. The Morgan fingerprint density at radius 1 is 1.03 bits per heavy atom. The summed E-state index contributed by atoms with van der Waals surface area (Å²) < 4.78 is 7.42. The third kappa shape index (κ3) is 5.29. The number of carbonyl (C=O) groups is 1. The van der Waals surface area contributed by atoms with Gasteiger partial charge < -0.3 is 14.6 Å². The van der Waals surface area contributed by atoms with E-state index in [1.807, 2.05) is 35.2 Å². The number of aromatic nitrogens is 3. The van der Waals surface area contributed by atoms with Gasteiger partial charge in [-0.1, -0.05) is 6.07 Å². The molecule has 0 aromatic carbocycles. The van der Waals surface area contributed by atoms with Gasteiger partial charge in [0.1, 0.15) is 5.82 Å². The molecule has 1 amide bonds. The summed E-state index contributed by atoms with van der Waals surface area (Å²) in [6.45, 7) is 3.36. The predicted molar refractivity (Wildman–Crippen MR) is 140 cm³/mol. The molecule has 2 saturated carbocycles. The molecule has 0 bridgehead atoms. The van der Waals surface area contributed by atoms with E-state index in [0.29, 0.717) is 23.2 Å². The second-order valence-corrected chi connectivity index (χ2v) is 10.4. The van der Waals surface area contributed by atoms with Gasteiger partial charge in [-0.25, -0.2) is 4.98 Å². The van der Waals surface area contributed by atoms with E-state index >= 15 is 0 Å². The average molecular weight is 497 g/mol. The summed E-state index contributed by atoms with van der Waals surface area (Å²) in [5, 5.41) is 12.5. The lowest BCUT2D eigenvalue weighted by molar-refractivity contribution is 0.0000695. The normalized spacial score (nSPS) is 24.4. The molecular weight excluding hydrogens is 464 g/mol. The van der Waals surface area contributed by atoms with Crippen LogP contribution in [0.15, 0.2) is 55.1 Å². The van der Waals surface area contributed by atoms with E-state index in [-0.39, 0.29) is 17.7 Å². The maximum atomic E-state index is 12.9. The van der Waals surface area contributed by atoms with Gasteiger partial charge in [-0.15, -0.1) is 0 Å². The number of rotatable bonds is 6. The SMILES string of the molecule is N#CC1CCC(N2CCOCC2)C(c2ccc(NC(=O)c3ccn(-c4ccc(C5CC5)cn4)c3)cn2)C1. The minimum atomic E-state index is -0.184. The zero-order valence-corrected chi connectivity index (χ0v) is 20.9. The van der Waals surface area contributed by atoms with Crippen molar-refractivity contribution in [1.82, 2.24) is 19.4 Å². The van der Waals surface area contributed by atoms with Gasteiger partial charge in [0, 0.05) is 55.3 Å². The molecular formula is C29H32N6O2. The third-order valence-corrected chi connectivity index (χ3v) is 7.97. The Morgan fingerprint density at radius 3 is 2.59 bits per heavy atom. The highest BCUT2D eigenvalue weighted by Gasteiger charge is 2.36. The number of nitriles is 1. The van der Waals surface area contributed by atoms with Crippen LogP contribution in [0.4, 0.5) is 5.69 Å². The summed E-state index contributed by atoms with van der Waals surface area (Å²) in [4.78, 5) is 24.7. The summed E-state index contributed by atoms with van der Waals surface area (Å²) >= 11 is 0. The van der Waals surface area contributed by atoms with Crippen LogP contribution in [0.1, 0.15) is 65.6 Å². The van der Waals surface area contributed by atoms with E-state index in [1.54, 1.807) is 18.5 Å². The second kappa shape index (κ2) is 10.4. The molecule has 37 heavy (non-hydrogen) atoms. The molecule has 3 aromatic rings.